The molecule has 0 saturated heterocycles. The van der Waals surface area contributed by atoms with E-state index in [1.165, 1.54) is 128 Å². The number of hydrogen-bond donors (Lipinski definition) is 0. The summed E-state index contributed by atoms with van der Waals surface area (Å²) < 4.78 is 0. The van der Waals surface area contributed by atoms with Gasteiger partial charge in [-0.05, 0) is 41.1 Å². The number of rotatable bonds is 11. The summed E-state index contributed by atoms with van der Waals surface area (Å²) in [5.41, 5.74) is 7.88. The average Bonchev–Trinajstić information content (AvgIpc) is 3.26. The van der Waals surface area contributed by atoms with Crippen LogP contribution >= 0.6 is 0 Å². The van der Waals surface area contributed by atoms with E-state index in [1.54, 1.807) is 128 Å². The third-order valence-electron chi connectivity index (χ3n) is 19.3. The maximum absolute atomic E-state index is 19.1. The molecular weight excluding hydrogens is 728 g/mol. The predicted octanol–water partition coefficient (Wildman–Crippen LogP) is 12.6. The molecule has 8 rings (SSSR count). The molecule has 8 saturated carbocycles. The van der Waals surface area contributed by atoms with Gasteiger partial charge in [0.05, 0.1) is 0 Å². The SMILES string of the molecule is [Na+].[O-][Si](C1CCCCC1)(C1CCCCC1)[Si](C1CCCCC1)(C1CCCCC1)[Si](C1CCCCC1)(C1CCCCC1)[Si](C1CCCCC1)C1CCCCC1. The van der Waals surface area contributed by atoms with E-state index in [0.29, 0.717) is 11.1 Å². The van der Waals surface area contributed by atoms with Gasteiger partial charge >= 0.3 is 29.6 Å². The first-order valence-electron chi connectivity index (χ1n) is 25.8. The molecule has 8 aliphatic carbocycles. The summed E-state index contributed by atoms with van der Waals surface area (Å²) in [6.45, 7) is 0. The molecular formula is C48H88NaOSi4. The van der Waals surface area contributed by atoms with Crippen molar-refractivity contribution in [2.75, 3.05) is 0 Å². The quantitative estimate of drug-likeness (QED) is 0.191. The fraction of sp³-hybridized carbons (Fsp3) is 1.00. The van der Waals surface area contributed by atoms with Gasteiger partial charge in [0.25, 0.3) is 0 Å². The van der Waals surface area contributed by atoms with Crippen LogP contribution in [0.4, 0.5) is 0 Å². The van der Waals surface area contributed by atoms with Gasteiger partial charge in [-0.15, -0.1) is 0 Å². The Morgan fingerprint density at radius 2 is 0.500 bits per heavy atom. The Labute approximate surface area is 363 Å². The Morgan fingerprint density at radius 1 is 0.278 bits per heavy atom. The van der Waals surface area contributed by atoms with Gasteiger partial charge in [-0.2, -0.15) is 0 Å². The molecule has 0 aromatic rings. The molecule has 0 aromatic heterocycles. The summed E-state index contributed by atoms with van der Waals surface area (Å²) in [7, 11) is -7.94. The zero-order chi connectivity index (χ0) is 36.0. The largest absolute Gasteiger partial charge is 1.00 e. The molecule has 0 heterocycles. The van der Waals surface area contributed by atoms with Crippen LogP contribution in [0.25, 0.3) is 0 Å². The summed E-state index contributed by atoms with van der Waals surface area (Å²) in [5, 5.41) is 0. The van der Waals surface area contributed by atoms with Crippen LogP contribution in [0.5, 0.6) is 0 Å². The Balaban J connectivity index is 0.00000450. The van der Waals surface area contributed by atoms with Crippen molar-refractivity contribution in [3.63, 3.8) is 0 Å². The molecule has 1 nitrogen and oxygen atoms in total. The second kappa shape index (κ2) is 21.1. The molecule has 0 amide bonds. The third-order valence-corrected chi connectivity index (χ3v) is 78.3. The van der Waals surface area contributed by atoms with Gasteiger partial charge in [-0.3, -0.25) is 0 Å². The Morgan fingerprint density at radius 3 is 0.778 bits per heavy atom. The van der Waals surface area contributed by atoms with E-state index >= 15 is 4.80 Å². The first-order chi connectivity index (χ1) is 26.2. The van der Waals surface area contributed by atoms with Crippen molar-refractivity contribution >= 4 is 30.4 Å². The van der Waals surface area contributed by atoms with E-state index in [-0.39, 0.29) is 29.6 Å². The van der Waals surface area contributed by atoms with Crippen LogP contribution in [0.3, 0.4) is 0 Å². The minimum atomic E-state index is -2.92. The zero-order valence-electron chi connectivity index (χ0n) is 36.3. The van der Waals surface area contributed by atoms with Crippen molar-refractivity contribution in [1.29, 1.82) is 0 Å². The van der Waals surface area contributed by atoms with E-state index in [4.69, 9.17) is 0 Å². The molecule has 54 heavy (non-hydrogen) atoms. The maximum Gasteiger partial charge on any atom is 1.00 e. The molecule has 0 atom stereocenters. The Kier molecular flexibility index (Phi) is 17.1. The summed E-state index contributed by atoms with van der Waals surface area (Å²) in [4.78, 5) is 19.1. The first-order valence-corrected chi connectivity index (χ1v) is 36.8. The molecule has 8 aliphatic rings. The van der Waals surface area contributed by atoms with E-state index in [9.17, 15) is 0 Å². The smallest absolute Gasteiger partial charge is 0.860 e. The van der Waals surface area contributed by atoms with Crippen molar-refractivity contribution in [3.05, 3.63) is 0 Å². The van der Waals surface area contributed by atoms with Gasteiger partial charge in [0, 0.05) is 22.5 Å². The molecule has 0 spiro atoms. The zero-order valence-corrected chi connectivity index (χ0v) is 42.3. The third kappa shape index (κ3) is 8.39. The van der Waals surface area contributed by atoms with Crippen molar-refractivity contribution in [2.45, 2.75) is 301 Å². The molecule has 0 unspecified atom stereocenters. The van der Waals surface area contributed by atoms with Crippen LogP contribution in [0.2, 0.25) is 44.3 Å². The van der Waals surface area contributed by atoms with E-state index in [1.807, 2.05) is 0 Å². The van der Waals surface area contributed by atoms with Crippen LogP contribution in [0, 0.1) is 0 Å². The van der Waals surface area contributed by atoms with Crippen molar-refractivity contribution in [3.8, 4) is 0 Å². The first kappa shape index (κ1) is 43.9. The fourth-order valence-corrected chi connectivity index (χ4v) is 110. The molecule has 0 aliphatic heterocycles. The standard InChI is InChI=1S/C48H88OSi4.Na/c49-51(43-29-13-3-14-30-43,44-31-15-4-16-32-44)53(47-37-21-7-22-38-47,48-39-23-8-24-40-48)52(45-33-17-5-18-34-45,46-35-19-6-20-36-46)50(41-25-9-1-10-26-41)42-27-11-2-12-28-42;/h41-48H,1-40H2;/q-1;+1. The van der Waals surface area contributed by atoms with Crippen LogP contribution in [0.1, 0.15) is 257 Å². The average molecular weight is 817 g/mol. The summed E-state index contributed by atoms with van der Waals surface area (Å²) >= 11 is 0. The van der Waals surface area contributed by atoms with Crippen molar-refractivity contribution < 1.29 is 34.4 Å². The minimum Gasteiger partial charge on any atom is -0.860 e. The minimum absolute atomic E-state index is 0. The molecule has 8 fully saturated rings. The fourth-order valence-electron chi connectivity index (χ4n) is 17.8. The molecule has 6 heteroatoms. The second-order valence-electron chi connectivity index (χ2n) is 21.7. The van der Waals surface area contributed by atoms with Gasteiger partial charge in [0.1, 0.15) is 0 Å². The van der Waals surface area contributed by atoms with E-state index in [2.05, 4.69) is 0 Å². The predicted molar refractivity (Wildman–Crippen MR) is 238 cm³/mol. The molecule has 0 bridgehead atoms. The van der Waals surface area contributed by atoms with Crippen molar-refractivity contribution in [1.82, 2.24) is 0 Å². The normalized spacial score (nSPS) is 29.0. The van der Waals surface area contributed by atoms with Gasteiger partial charge in [0.15, 0.2) is 0 Å². The van der Waals surface area contributed by atoms with Gasteiger partial charge in [-0.25, -0.2) is 0 Å². The topological polar surface area (TPSA) is 23.1 Å². The summed E-state index contributed by atoms with van der Waals surface area (Å²) in [5.74, 6) is 0. The van der Waals surface area contributed by atoms with Gasteiger partial charge < -0.3 is 4.80 Å². The van der Waals surface area contributed by atoms with Crippen LogP contribution < -0.4 is 34.4 Å². The summed E-state index contributed by atoms with van der Waals surface area (Å²) in [6, 6.07) is 0. The molecule has 1 radical (unpaired) electrons. The van der Waals surface area contributed by atoms with Crippen molar-refractivity contribution in [2.24, 2.45) is 0 Å². The van der Waals surface area contributed by atoms with Crippen LogP contribution in [0.15, 0.2) is 0 Å². The molecule has 0 N–H and O–H groups in total. The second-order valence-corrected chi connectivity index (χ2v) is 51.2. The van der Waals surface area contributed by atoms with Crippen LogP contribution in [-0.2, 0) is 0 Å². The van der Waals surface area contributed by atoms with E-state index in [0.717, 1.165) is 33.2 Å². The van der Waals surface area contributed by atoms with E-state index < -0.39 is 30.4 Å². The Hall–Kier alpha value is 1.83. The van der Waals surface area contributed by atoms with Crippen LogP contribution in [-0.4, -0.2) is 30.4 Å². The molecule has 0 aromatic carbocycles. The molecule has 303 valence electrons. The maximum atomic E-state index is 19.1. The number of hydrogen-bond acceptors (Lipinski definition) is 1. The Bertz CT molecular complexity index is 998. The van der Waals surface area contributed by atoms with Gasteiger partial charge in [-0.1, -0.05) is 268 Å². The monoisotopic (exact) mass is 816 g/mol. The van der Waals surface area contributed by atoms with Gasteiger partial charge in [0.2, 0.25) is 0 Å². The summed E-state index contributed by atoms with van der Waals surface area (Å²) in [6.07, 6.45) is 61.7.